The molecule has 0 aliphatic carbocycles. The Kier molecular flexibility index (Phi) is 10.7. The summed E-state index contributed by atoms with van der Waals surface area (Å²) in [5, 5.41) is 10.3. The molecule has 2 aliphatic rings. The van der Waals surface area contributed by atoms with E-state index in [4.69, 9.17) is 9.47 Å². The molecule has 4 atom stereocenters. The Labute approximate surface area is 219 Å². The van der Waals surface area contributed by atoms with E-state index < -0.39 is 24.0 Å². The Morgan fingerprint density at radius 3 is 2.73 bits per heavy atom. The minimum atomic E-state index is -0.720. The number of benzene rings is 1. The summed E-state index contributed by atoms with van der Waals surface area (Å²) >= 11 is 0. The van der Waals surface area contributed by atoms with Crippen LogP contribution in [0.25, 0.3) is 6.08 Å². The maximum atomic E-state index is 14.6. The summed E-state index contributed by atoms with van der Waals surface area (Å²) < 4.78 is 25.5. The minimum absolute atomic E-state index is 0.0157. The van der Waals surface area contributed by atoms with Crippen molar-refractivity contribution in [2.75, 3.05) is 44.8 Å². The number of esters is 1. The van der Waals surface area contributed by atoms with Crippen molar-refractivity contribution in [3.8, 4) is 0 Å². The second kappa shape index (κ2) is 13.7. The molecule has 37 heavy (non-hydrogen) atoms. The van der Waals surface area contributed by atoms with Crippen molar-refractivity contribution < 1.29 is 28.6 Å². The van der Waals surface area contributed by atoms with Crippen LogP contribution in [-0.2, 0) is 19.1 Å². The number of amides is 1. The number of ether oxygens (including phenoxy) is 2. The van der Waals surface area contributed by atoms with Gasteiger partial charge in [0.25, 0.3) is 0 Å². The first-order valence-corrected chi connectivity index (χ1v) is 13.2. The minimum Gasteiger partial charge on any atom is -0.457 e. The topological polar surface area (TPSA) is 79.3 Å². The van der Waals surface area contributed by atoms with Crippen LogP contribution in [0.5, 0.6) is 0 Å². The summed E-state index contributed by atoms with van der Waals surface area (Å²) in [4.78, 5) is 28.8. The monoisotopic (exact) mass is 516 g/mol. The summed E-state index contributed by atoms with van der Waals surface area (Å²) in [5.41, 5.74) is 2.05. The zero-order valence-corrected chi connectivity index (χ0v) is 22.5. The van der Waals surface area contributed by atoms with Crippen molar-refractivity contribution in [3.05, 3.63) is 47.3 Å². The summed E-state index contributed by atoms with van der Waals surface area (Å²) in [6.45, 7) is 8.36. The highest BCUT2D eigenvalue weighted by Crippen LogP contribution is 2.26. The Bertz CT molecular complexity index is 995. The van der Waals surface area contributed by atoms with Crippen molar-refractivity contribution in [3.63, 3.8) is 0 Å². The highest BCUT2D eigenvalue weighted by Gasteiger charge is 2.26. The summed E-state index contributed by atoms with van der Waals surface area (Å²) in [7, 11) is 1.61. The predicted octanol–water partition coefficient (Wildman–Crippen LogP) is 4.20. The van der Waals surface area contributed by atoms with Gasteiger partial charge in [-0.25, -0.2) is 4.39 Å². The van der Waals surface area contributed by atoms with Gasteiger partial charge in [-0.3, -0.25) is 9.59 Å². The third kappa shape index (κ3) is 8.68. The first-order valence-electron chi connectivity index (χ1n) is 13.2. The second-order valence-electron chi connectivity index (χ2n) is 10.4. The van der Waals surface area contributed by atoms with Gasteiger partial charge in [0.1, 0.15) is 11.9 Å². The highest BCUT2D eigenvalue weighted by atomic mass is 19.1. The third-order valence-corrected chi connectivity index (χ3v) is 7.11. The number of nitrogens with zero attached hydrogens (tertiary/aromatic N) is 2. The Morgan fingerprint density at radius 1 is 1.22 bits per heavy atom. The van der Waals surface area contributed by atoms with Crippen LogP contribution in [0.1, 0.15) is 52.0 Å². The zero-order valence-electron chi connectivity index (χ0n) is 22.5. The van der Waals surface area contributed by atoms with Gasteiger partial charge in [0, 0.05) is 38.3 Å². The molecule has 0 saturated carbocycles. The standard InChI is InChI=1S/C29H41FN2O5/c1-20-6-5-7-21(2)29(37-28(35)18-26(33)9-8-20)22(3)14-23-15-24(30)17-25(16-23)32-11-10-31(12-13-36-4)27(34)19-32/h5,7,14-17,20-21,26,29,33H,6,8-13,18-19H2,1-4H3/b7-5+,22-14+/t20-,21+,26+,29+/m1/s1. The Hall–Kier alpha value is -2.71. The van der Waals surface area contributed by atoms with E-state index in [-0.39, 0.29) is 24.8 Å². The fourth-order valence-corrected chi connectivity index (χ4v) is 4.89. The Balaban J connectivity index is 1.80. The van der Waals surface area contributed by atoms with Crippen molar-refractivity contribution in [1.82, 2.24) is 4.90 Å². The zero-order chi connectivity index (χ0) is 26.9. The van der Waals surface area contributed by atoms with Gasteiger partial charge in [-0.2, -0.15) is 0 Å². The molecule has 1 aromatic rings. The molecule has 1 aromatic carbocycles. The van der Waals surface area contributed by atoms with E-state index >= 15 is 0 Å². The van der Waals surface area contributed by atoms with Crippen LogP contribution in [0.4, 0.5) is 10.1 Å². The van der Waals surface area contributed by atoms with Crippen LogP contribution in [0.2, 0.25) is 0 Å². The van der Waals surface area contributed by atoms with E-state index in [1.807, 2.05) is 30.9 Å². The first-order chi connectivity index (χ1) is 17.7. The van der Waals surface area contributed by atoms with Gasteiger partial charge in [-0.15, -0.1) is 0 Å². The first kappa shape index (κ1) is 28.9. The van der Waals surface area contributed by atoms with Crippen molar-refractivity contribution in [2.24, 2.45) is 11.8 Å². The molecule has 2 heterocycles. The number of hydrogen-bond donors (Lipinski definition) is 1. The fraction of sp³-hybridized carbons (Fsp3) is 0.586. The molecule has 1 fully saturated rings. The maximum Gasteiger partial charge on any atom is 0.309 e. The van der Waals surface area contributed by atoms with Gasteiger partial charge >= 0.3 is 5.97 Å². The maximum absolute atomic E-state index is 14.6. The van der Waals surface area contributed by atoms with E-state index in [1.54, 1.807) is 12.0 Å². The third-order valence-electron chi connectivity index (χ3n) is 7.11. The molecular formula is C29H41FN2O5. The van der Waals surface area contributed by atoms with E-state index in [9.17, 15) is 19.1 Å². The number of piperazine rings is 1. The number of aliphatic hydroxyl groups excluding tert-OH is 1. The second-order valence-corrected chi connectivity index (χ2v) is 10.4. The molecule has 1 saturated heterocycles. The number of cyclic esters (lactones) is 1. The van der Waals surface area contributed by atoms with Gasteiger partial charge < -0.3 is 24.4 Å². The average molecular weight is 517 g/mol. The van der Waals surface area contributed by atoms with E-state index in [0.717, 1.165) is 18.4 Å². The van der Waals surface area contributed by atoms with Gasteiger partial charge in [-0.05, 0) is 61.4 Å². The summed E-state index contributed by atoms with van der Waals surface area (Å²) in [5.74, 6) is -0.522. The van der Waals surface area contributed by atoms with Gasteiger partial charge in [0.05, 0.1) is 25.7 Å². The molecule has 1 amide bonds. The predicted molar refractivity (Wildman–Crippen MR) is 143 cm³/mol. The number of methoxy groups -OCH3 is 1. The molecule has 0 radical (unpaired) electrons. The summed E-state index contributed by atoms with van der Waals surface area (Å²) in [6.07, 6.45) is 7.02. The van der Waals surface area contributed by atoms with Crippen LogP contribution in [0, 0.1) is 17.7 Å². The molecule has 0 aromatic heterocycles. The van der Waals surface area contributed by atoms with Crippen LogP contribution < -0.4 is 4.90 Å². The number of anilines is 1. The lowest BCUT2D eigenvalue weighted by atomic mass is 9.93. The van der Waals surface area contributed by atoms with Crippen LogP contribution in [-0.4, -0.2) is 74.0 Å². The lowest BCUT2D eigenvalue weighted by Gasteiger charge is -2.35. The lowest BCUT2D eigenvalue weighted by molar-refractivity contribution is -0.151. The molecule has 0 spiro atoms. The van der Waals surface area contributed by atoms with E-state index in [2.05, 4.69) is 19.1 Å². The highest BCUT2D eigenvalue weighted by molar-refractivity contribution is 5.83. The number of carbonyl (C=O) groups excluding carboxylic acids is 2. The SMILES string of the molecule is COCCN1CCN(c2cc(F)cc(/C=C(\C)[C@H]3OC(=O)C[C@@H](O)CC[C@H](C)C/C=C/[C@@H]3C)c2)CC1=O. The molecule has 204 valence electrons. The largest absolute Gasteiger partial charge is 0.457 e. The number of halogens is 1. The van der Waals surface area contributed by atoms with Gasteiger partial charge in [-0.1, -0.05) is 32.1 Å². The van der Waals surface area contributed by atoms with Crippen molar-refractivity contribution in [2.45, 2.75) is 58.7 Å². The van der Waals surface area contributed by atoms with Crippen LogP contribution >= 0.6 is 0 Å². The number of hydrogen-bond acceptors (Lipinski definition) is 6. The molecule has 7 nitrogen and oxygen atoms in total. The van der Waals surface area contributed by atoms with Crippen LogP contribution in [0.3, 0.4) is 0 Å². The number of aliphatic hydroxyl groups is 1. The van der Waals surface area contributed by atoms with Crippen LogP contribution in [0.15, 0.2) is 35.9 Å². The van der Waals surface area contributed by atoms with E-state index in [0.29, 0.717) is 49.8 Å². The molecule has 8 heteroatoms. The quantitative estimate of drug-likeness (QED) is 0.451. The number of allylic oxidation sites excluding steroid dienone is 1. The van der Waals surface area contributed by atoms with Gasteiger partial charge in [0.2, 0.25) is 5.91 Å². The van der Waals surface area contributed by atoms with Gasteiger partial charge in [0.15, 0.2) is 0 Å². The molecule has 0 unspecified atom stereocenters. The average Bonchev–Trinajstić information content (AvgIpc) is 2.84. The molecule has 1 N–H and O–H groups in total. The van der Waals surface area contributed by atoms with Crippen molar-refractivity contribution in [1.29, 1.82) is 0 Å². The summed E-state index contributed by atoms with van der Waals surface area (Å²) in [6, 6.07) is 4.73. The van der Waals surface area contributed by atoms with E-state index in [1.165, 1.54) is 12.1 Å². The molecular weight excluding hydrogens is 475 g/mol. The fourth-order valence-electron chi connectivity index (χ4n) is 4.89. The molecule has 0 bridgehead atoms. The normalized spacial score (nSPS) is 27.4. The number of carbonyl (C=O) groups is 2. The molecule has 3 rings (SSSR count). The number of rotatable bonds is 6. The lowest BCUT2D eigenvalue weighted by Crippen LogP contribution is -2.51. The smallest absolute Gasteiger partial charge is 0.309 e. The molecule has 2 aliphatic heterocycles. The Morgan fingerprint density at radius 2 is 2.00 bits per heavy atom. The van der Waals surface area contributed by atoms with Crippen molar-refractivity contribution >= 4 is 23.6 Å².